The minimum Gasteiger partial charge on any atom is -0.378 e. The molecule has 122 valence electrons. The monoisotopic (exact) mass is 371 g/mol. The fourth-order valence-electron chi connectivity index (χ4n) is 0.531. The van der Waals surface area contributed by atoms with Crippen LogP contribution in [-0.4, -0.2) is 51.3 Å². The number of hydrogen-bond acceptors (Lipinski definition) is 13. The lowest BCUT2D eigenvalue weighted by atomic mass is 10.7. The standard InChI is InChI=1S/C6H18N3O7PS3/c7-4(10)1-18-14-17(13,15-19-2-5(8)11)16-20-3-6(9)12/h4-6,10-12H,1-3,7-9H2. The van der Waals surface area contributed by atoms with E-state index in [-0.39, 0.29) is 17.3 Å². The number of rotatable bonds is 12. The van der Waals surface area contributed by atoms with Gasteiger partial charge in [-0.05, 0) is 0 Å². The first-order chi connectivity index (χ1) is 9.25. The molecule has 0 aliphatic heterocycles. The molecule has 3 unspecified atom stereocenters. The Hall–Kier alpha value is 0.920. The van der Waals surface area contributed by atoms with Crippen molar-refractivity contribution in [3.63, 3.8) is 0 Å². The maximum absolute atomic E-state index is 12.1. The molecule has 20 heavy (non-hydrogen) atoms. The largest absolute Gasteiger partial charge is 0.508 e. The summed E-state index contributed by atoms with van der Waals surface area (Å²) in [4.78, 5) is 0. The maximum atomic E-state index is 12.1. The highest BCUT2D eigenvalue weighted by atomic mass is 32.2. The van der Waals surface area contributed by atoms with Crippen LogP contribution in [0.3, 0.4) is 0 Å². The van der Waals surface area contributed by atoms with E-state index < -0.39 is 26.5 Å². The normalized spacial score (nSPS) is 19.3. The molecule has 0 saturated carbocycles. The van der Waals surface area contributed by atoms with Crippen LogP contribution in [0.1, 0.15) is 0 Å². The van der Waals surface area contributed by atoms with Gasteiger partial charge in [0, 0.05) is 36.1 Å². The Morgan fingerprint density at radius 3 is 1.25 bits per heavy atom. The predicted octanol–water partition coefficient (Wildman–Crippen LogP) is -1.08. The van der Waals surface area contributed by atoms with Crippen LogP contribution in [0.25, 0.3) is 0 Å². The third-order valence-electron chi connectivity index (χ3n) is 1.15. The summed E-state index contributed by atoms with van der Waals surface area (Å²) in [5.74, 6) is -0.193. The van der Waals surface area contributed by atoms with Crippen LogP contribution >= 0.6 is 44.0 Å². The van der Waals surface area contributed by atoms with Crippen LogP contribution in [0, 0.1) is 0 Å². The van der Waals surface area contributed by atoms with Crippen LogP contribution in [0.15, 0.2) is 0 Å². The summed E-state index contributed by atoms with van der Waals surface area (Å²) in [5, 5.41) is 26.5. The second-order valence-corrected chi connectivity index (χ2v) is 7.62. The average molecular weight is 371 g/mol. The minimum atomic E-state index is -4.00. The van der Waals surface area contributed by atoms with Crippen LogP contribution in [0.4, 0.5) is 0 Å². The first-order valence-electron chi connectivity index (χ1n) is 5.10. The summed E-state index contributed by atoms with van der Waals surface area (Å²) >= 11 is 1.75. The van der Waals surface area contributed by atoms with Crippen LogP contribution < -0.4 is 17.2 Å². The van der Waals surface area contributed by atoms with Crippen molar-refractivity contribution in [2.45, 2.75) is 18.7 Å². The molecule has 0 saturated heterocycles. The van der Waals surface area contributed by atoms with Gasteiger partial charge in [-0.1, -0.05) is 0 Å². The van der Waals surface area contributed by atoms with Gasteiger partial charge in [-0.2, -0.15) is 0 Å². The van der Waals surface area contributed by atoms with E-state index in [2.05, 4.69) is 0 Å². The van der Waals surface area contributed by atoms with E-state index in [1.54, 1.807) is 0 Å². The van der Waals surface area contributed by atoms with Crippen molar-refractivity contribution in [1.29, 1.82) is 0 Å². The fourth-order valence-corrected chi connectivity index (χ4v) is 4.20. The van der Waals surface area contributed by atoms with Crippen molar-refractivity contribution in [1.82, 2.24) is 0 Å². The molecule has 0 radical (unpaired) electrons. The van der Waals surface area contributed by atoms with E-state index in [9.17, 15) is 4.57 Å². The molecule has 0 aliphatic rings. The molecule has 10 nitrogen and oxygen atoms in total. The van der Waals surface area contributed by atoms with Gasteiger partial charge >= 0.3 is 7.82 Å². The summed E-state index contributed by atoms with van der Waals surface area (Å²) < 4.78 is 26.5. The fraction of sp³-hybridized carbons (Fsp3) is 1.00. The molecule has 0 fully saturated rings. The molecule has 14 heteroatoms. The first kappa shape index (κ1) is 20.9. The van der Waals surface area contributed by atoms with E-state index in [1.807, 2.05) is 0 Å². The molecule has 3 atom stereocenters. The highest BCUT2D eigenvalue weighted by Gasteiger charge is 2.30. The van der Waals surface area contributed by atoms with E-state index in [0.717, 1.165) is 0 Å². The second kappa shape index (κ2) is 11.5. The summed E-state index contributed by atoms with van der Waals surface area (Å²) in [5.41, 5.74) is 15.2. The Morgan fingerprint density at radius 1 is 0.800 bits per heavy atom. The lowest BCUT2D eigenvalue weighted by Crippen LogP contribution is -2.22. The minimum absolute atomic E-state index is 0.0644. The van der Waals surface area contributed by atoms with Gasteiger partial charge in [0.2, 0.25) is 0 Å². The van der Waals surface area contributed by atoms with Gasteiger partial charge in [0.05, 0.1) is 17.3 Å². The molecule has 9 N–H and O–H groups in total. The van der Waals surface area contributed by atoms with Gasteiger partial charge in [0.25, 0.3) is 0 Å². The Morgan fingerprint density at radius 2 is 1.05 bits per heavy atom. The summed E-state index contributed by atoms with van der Waals surface area (Å²) in [6.45, 7) is 0. The van der Waals surface area contributed by atoms with E-state index in [1.165, 1.54) is 0 Å². The molecule has 0 rings (SSSR count). The van der Waals surface area contributed by atoms with Crippen LogP contribution in [-0.2, 0) is 16.5 Å². The smallest absolute Gasteiger partial charge is 0.378 e. The van der Waals surface area contributed by atoms with Gasteiger partial charge in [0.1, 0.15) is 18.7 Å². The molecular weight excluding hydrogens is 353 g/mol. The van der Waals surface area contributed by atoms with E-state index in [0.29, 0.717) is 36.1 Å². The molecular formula is C6H18N3O7PS3. The Balaban J connectivity index is 4.23. The van der Waals surface area contributed by atoms with Crippen LogP contribution in [0.5, 0.6) is 0 Å². The summed E-state index contributed by atoms with van der Waals surface area (Å²) in [7, 11) is -4.00. The van der Waals surface area contributed by atoms with Crippen molar-refractivity contribution >= 4 is 44.0 Å². The third-order valence-corrected chi connectivity index (χ3v) is 6.04. The maximum Gasteiger partial charge on any atom is 0.508 e. The van der Waals surface area contributed by atoms with E-state index >= 15 is 0 Å². The van der Waals surface area contributed by atoms with Crippen molar-refractivity contribution in [3.05, 3.63) is 0 Å². The summed E-state index contributed by atoms with van der Waals surface area (Å²) in [6, 6.07) is 0. The van der Waals surface area contributed by atoms with Gasteiger partial charge in [-0.25, -0.2) is 16.5 Å². The molecule has 0 aromatic rings. The van der Waals surface area contributed by atoms with Gasteiger partial charge in [0.15, 0.2) is 0 Å². The van der Waals surface area contributed by atoms with Crippen molar-refractivity contribution in [2.75, 3.05) is 17.3 Å². The number of aliphatic hydroxyl groups excluding tert-OH is 3. The number of nitrogens with two attached hydrogens (primary N) is 3. The second-order valence-electron chi connectivity index (χ2n) is 3.23. The molecule has 0 spiro atoms. The molecule has 0 aromatic heterocycles. The molecule has 0 aliphatic carbocycles. The predicted molar refractivity (Wildman–Crippen MR) is 78.8 cm³/mol. The lowest BCUT2D eigenvalue weighted by Gasteiger charge is -2.16. The molecule has 0 amide bonds. The van der Waals surface area contributed by atoms with Gasteiger partial charge in [-0.15, -0.1) is 0 Å². The lowest BCUT2D eigenvalue weighted by molar-refractivity contribution is 0.206. The zero-order chi connectivity index (χ0) is 15.6. The summed E-state index contributed by atoms with van der Waals surface area (Å²) in [6.07, 6.45) is -3.48. The quantitative estimate of drug-likeness (QED) is 0.138. The highest BCUT2D eigenvalue weighted by molar-refractivity contribution is 8.04. The van der Waals surface area contributed by atoms with Crippen molar-refractivity contribution in [2.24, 2.45) is 17.2 Å². The van der Waals surface area contributed by atoms with Crippen molar-refractivity contribution < 1.29 is 31.8 Å². The Labute approximate surface area is 129 Å². The number of phosphoric acid groups is 1. The topological polar surface area (TPSA) is 184 Å². The molecule has 0 aromatic carbocycles. The van der Waals surface area contributed by atoms with E-state index in [4.69, 9.17) is 44.4 Å². The number of hydrogen-bond donors (Lipinski definition) is 6. The Kier molecular flexibility index (Phi) is 12.0. The molecule has 0 heterocycles. The highest BCUT2D eigenvalue weighted by Crippen LogP contribution is 2.58. The first-order valence-corrected chi connectivity index (χ1v) is 9.29. The molecule has 0 bridgehead atoms. The SMILES string of the molecule is NC(O)CSOP(=O)(OSCC(N)O)OSCC(N)O. The Bertz CT molecular complexity index is 256. The zero-order valence-corrected chi connectivity index (χ0v) is 13.6. The number of aliphatic hydroxyl groups is 3. The average Bonchev–Trinajstić information content (AvgIpc) is 2.27. The van der Waals surface area contributed by atoms with Gasteiger partial charge in [-0.3, -0.25) is 0 Å². The van der Waals surface area contributed by atoms with Crippen LogP contribution in [0.2, 0.25) is 0 Å². The zero-order valence-electron chi connectivity index (χ0n) is 10.2. The van der Waals surface area contributed by atoms with Gasteiger partial charge < -0.3 is 32.5 Å². The third kappa shape index (κ3) is 12.6. The van der Waals surface area contributed by atoms with Crippen molar-refractivity contribution in [3.8, 4) is 0 Å².